The Morgan fingerprint density at radius 3 is 2.86 bits per heavy atom. The molecule has 2 bridgehead atoms. The van der Waals surface area contributed by atoms with Crippen molar-refractivity contribution in [2.24, 2.45) is 0 Å². The summed E-state index contributed by atoms with van der Waals surface area (Å²) in [5.74, 6) is 0.721. The van der Waals surface area contributed by atoms with E-state index in [1.807, 2.05) is 0 Å². The predicted octanol–water partition coefficient (Wildman–Crippen LogP) is 2.29. The van der Waals surface area contributed by atoms with Crippen molar-refractivity contribution >= 4 is 22.6 Å². The van der Waals surface area contributed by atoms with E-state index in [1.165, 1.54) is 24.8 Å². The zero-order valence-electron chi connectivity index (χ0n) is 7.91. The van der Waals surface area contributed by atoms with Crippen LogP contribution in [0.15, 0.2) is 18.3 Å². The lowest BCUT2D eigenvalue weighted by Gasteiger charge is -2.19. The first-order chi connectivity index (χ1) is 6.83. The number of pyridine rings is 1. The summed E-state index contributed by atoms with van der Waals surface area (Å²) in [5.41, 5.74) is 1.42. The van der Waals surface area contributed by atoms with Crippen molar-refractivity contribution in [3.63, 3.8) is 0 Å². The number of aromatic nitrogens is 1. The lowest BCUT2D eigenvalue weighted by Crippen LogP contribution is -2.21. The summed E-state index contributed by atoms with van der Waals surface area (Å²) in [6, 6.07) is 5.86. The van der Waals surface area contributed by atoms with Gasteiger partial charge in [-0.1, -0.05) is 6.07 Å². The van der Waals surface area contributed by atoms with Gasteiger partial charge in [0.2, 0.25) is 0 Å². The molecule has 0 saturated carbocycles. The van der Waals surface area contributed by atoms with Gasteiger partial charge in [0.1, 0.15) is 3.70 Å². The average molecular weight is 296 g/mol. The molecule has 0 amide bonds. The average Bonchev–Trinajstić information content (AvgIpc) is 2.80. The van der Waals surface area contributed by atoms with Gasteiger partial charge in [-0.2, -0.15) is 0 Å². The Hall–Kier alpha value is -0.160. The van der Waals surface area contributed by atoms with Crippen LogP contribution in [0.5, 0.6) is 0 Å². The van der Waals surface area contributed by atoms with Gasteiger partial charge in [-0.25, -0.2) is 0 Å². The molecule has 3 unspecified atom stereocenters. The van der Waals surface area contributed by atoms with E-state index in [0.29, 0.717) is 0 Å². The van der Waals surface area contributed by atoms with Gasteiger partial charge in [-0.3, -0.25) is 4.98 Å². The molecule has 0 spiro atoms. The third-order valence-electron chi connectivity index (χ3n) is 3.48. The molecule has 1 aromatic heterocycles. The van der Waals surface area contributed by atoms with Crippen LogP contribution >= 0.6 is 22.6 Å². The molecule has 14 heavy (non-hydrogen) atoms. The molecule has 1 N–H and O–H groups in total. The number of hydrogen-bond acceptors (Lipinski definition) is 2. The van der Waals surface area contributed by atoms with Crippen LogP contribution in [0.1, 0.15) is 30.7 Å². The van der Waals surface area contributed by atoms with Crippen LogP contribution in [0.3, 0.4) is 0 Å². The molecular weight excluding hydrogens is 283 g/mol. The molecule has 3 heteroatoms. The minimum absolute atomic E-state index is 0.721. The van der Waals surface area contributed by atoms with Crippen molar-refractivity contribution in [1.29, 1.82) is 0 Å². The number of nitrogens with one attached hydrogen (secondary N) is 1. The van der Waals surface area contributed by atoms with Gasteiger partial charge in [0.15, 0.2) is 0 Å². The largest absolute Gasteiger partial charge is 0.311 e. The molecule has 3 rings (SSSR count). The normalized spacial score (nSPS) is 35.1. The van der Waals surface area contributed by atoms with Gasteiger partial charge >= 0.3 is 0 Å². The highest BCUT2D eigenvalue weighted by molar-refractivity contribution is 14.1. The molecule has 0 aromatic carbocycles. The fourth-order valence-corrected chi connectivity index (χ4v) is 3.12. The van der Waals surface area contributed by atoms with E-state index in [4.69, 9.17) is 0 Å². The van der Waals surface area contributed by atoms with Gasteiger partial charge < -0.3 is 5.32 Å². The maximum Gasteiger partial charge on any atom is 0.101 e. The van der Waals surface area contributed by atoms with Gasteiger partial charge in [-0.15, -0.1) is 0 Å². The Kier molecular flexibility index (Phi) is 2.24. The van der Waals surface area contributed by atoms with Crippen LogP contribution in [0.25, 0.3) is 0 Å². The van der Waals surface area contributed by atoms with Crippen molar-refractivity contribution in [3.05, 3.63) is 27.6 Å². The molecule has 3 heterocycles. The van der Waals surface area contributed by atoms with Crippen molar-refractivity contribution in [2.45, 2.75) is 37.3 Å². The highest BCUT2D eigenvalue weighted by atomic mass is 123. The summed E-state index contributed by atoms with van der Waals surface area (Å²) in [6.07, 6.45) is 6.09. The van der Waals surface area contributed by atoms with E-state index >= 15 is 0 Å². The lowest BCUT2D eigenvalue weighted by molar-refractivity contribution is 0.505. The standard InChI is InChI=1S/C11H13IN2/c12-11-4-1-7(6-13-11)9-5-8-2-3-10(9)14-8/h1,4,6,8-10,14H,2-3,5H2/i12-4. The molecule has 0 radical (unpaired) electrons. The van der Waals surface area contributed by atoms with E-state index in [0.717, 1.165) is 21.7 Å². The fourth-order valence-electron chi connectivity index (χ4n) is 2.80. The molecule has 3 atom stereocenters. The molecule has 0 aliphatic carbocycles. The van der Waals surface area contributed by atoms with Gasteiger partial charge in [0.25, 0.3) is 0 Å². The molecule has 2 fully saturated rings. The Balaban J connectivity index is 1.86. The predicted molar refractivity (Wildman–Crippen MR) is 64.3 cm³/mol. The van der Waals surface area contributed by atoms with E-state index < -0.39 is 0 Å². The highest BCUT2D eigenvalue weighted by Gasteiger charge is 2.39. The summed E-state index contributed by atoms with van der Waals surface area (Å²) in [7, 11) is 0. The third kappa shape index (κ3) is 1.46. The maximum absolute atomic E-state index is 4.37. The zero-order chi connectivity index (χ0) is 9.54. The molecule has 2 aliphatic rings. The van der Waals surface area contributed by atoms with Crippen molar-refractivity contribution in [1.82, 2.24) is 10.3 Å². The molecule has 74 valence electrons. The summed E-state index contributed by atoms with van der Waals surface area (Å²) in [6.45, 7) is 0. The summed E-state index contributed by atoms with van der Waals surface area (Å²) in [5, 5.41) is 3.66. The smallest absolute Gasteiger partial charge is 0.101 e. The van der Waals surface area contributed by atoms with E-state index in [-0.39, 0.29) is 0 Å². The van der Waals surface area contributed by atoms with Crippen LogP contribution in [0.2, 0.25) is 0 Å². The Morgan fingerprint density at radius 1 is 1.36 bits per heavy atom. The second kappa shape index (κ2) is 3.45. The third-order valence-corrected chi connectivity index (χ3v) is 4.12. The monoisotopic (exact) mass is 296 g/mol. The Morgan fingerprint density at radius 2 is 2.29 bits per heavy atom. The van der Waals surface area contributed by atoms with Crippen molar-refractivity contribution in [3.8, 4) is 0 Å². The SMILES string of the molecule is [123I]c1ccc(C2CC3CCC2N3)cn1. The van der Waals surface area contributed by atoms with Gasteiger partial charge in [0, 0.05) is 24.2 Å². The summed E-state index contributed by atoms with van der Waals surface area (Å²) < 4.78 is 1.09. The van der Waals surface area contributed by atoms with Crippen LogP contribution in [0.4, 0.5) is 0 Å². The lowest BCUT2D eigenvalue weighted by atomic mass is 9.85. The summed E-state index contributed by atoms with van der Waals surface area (Å²) >= 11 is 2.26. The molecule has 2 aliphatic heterocycles. The van der Waals surface area contributed by atoms with Crippen LogP contribution < -0.4 is 5.32 Å². The Labute approximate surface area is 97.6 Å². The molecule has 2 nitrogen and oxygen atoms in total. The molecular formula is C11H13IN2. The topological polar surface area (TPSA) is 24.9 Å². The Bertz CT molecular complexity index is 336. The van der Waals surface area contributed by atoms with E-state index in [9.17, 15) is 0 Å². The minimum atomic E-state index is 0.721. The van der Waals surface area contributed by atoms with Crippen LogP contribution in [-0.2, 0) is 0 Å². The number of fused-ring (bicyclic) bond motifs is 2. The number of rotatable bonds is 1. The molecule has 2 saturated heterocycles. The van der Waals surface area contributed by atoms with Crippen LogP contribution in [-0.4, -0.2) is 17.1 Å². The quantitative estimate of drug-likeness (QED) is 0.635. The second-order valence-corrected chi connectivity index (χ2v) is 5.41. The number of halogens is 1. The highest BCUT2D eigenvalue weighted by Crippen LogP contribution is 2.39. The maximum atomic E-state index is 4.37. The molecule has 1 aromatic rings. The first-order valence-corrected chi connectivity index (χ1v) is 6.28. The number of nitrogens with zero attached hydrogens (tertiary/aromatic N) is 1. The second-order valence-electron chi connectivity index (χ2n) is 4.30. The fraction of sp³-hybridized carbons (Fsp3) is 0.545. The van der Waals surface area contributed by atoms with Gasteiger partial charge in [0.05, 0.1) is 0 Å². The summed E-state index contributed by atoms with van der Waals surface area (Å²) in [4.78, 5) is 4.37. The minimum Gasteiger partial charge on any atom is -0.311 e. The van der Waals surface area contributed by atoms with E-state index in [2.05, 4.69) is 51.2 Å². The van der Waals surface area contributed by atoms with Crippen molar-refractivity contribution < 1.29 is 0 Å². The first kappa shape index (κ1) is 9.09. The van der Waals surface area contributed by atoms with Crippen LogP contribution in [0, 0.1) is 3.70 Å². The van der Waals surface area contributed by atoms with Crippen molar-refractivity contribution in [2.75, 3.05) is 0 Å². The van der Waals surface area contributed by atoms with E-state index in [1.54, 1.807) is 0 Å². The van der Waals surface area contributed by atoms with Gasteiger partial charge in [-0.05, 0) is 53.5 Å². The number of hydrogen-bond donors (Lipinski definition) is 1. The zero-order valence-corrected chi connectivity index (χ0v) is 10.1. The first-order valence-electron chi connectivity index (χ1n) is 5.20.